The van der Waals surface area contributed by atoms with Gasteiger partial charge in [-0.2, -0.15) is 10.4 Å². The number of aromatic nitrogens is 3. The van der Waals surface area contributed by atoms with E-state index in [4.69, 9.17) is 5.26 Å². The molecule has 6 heteroatoms. The summed E-state index contributed by atoms with van der Waals surface area (Å²) in [5.41, 5.74) is 1.47. The van der Waals surface area contributed by atoms with Crippen molar-refractivity contribution < 1.29 is 0 Å². The minimum Gasteiger partial charge on any atom is -0.378 e. The van der Waals surface area contributed by atoms with E-state index >= 15 is 0 Å². The Labute approximate surface area is 107 Å². The third-order valence-electron chi connectivity index (χ3n) is 2.12. The second kappa shape index (κ2) is 4.97. The third-order valence-corrected chi connectivity index (χ3v) is 2.58. The van der Waals surface area contributed by atoms with Gasteiger partial charge in [0.25, 0.3) is 0 Å². The highest BCUT2D eigenvalue weighted by Crippen LogP contribution is 2.19. The molecule has 17 heavy (non-hydrogen) atoms. The van der Waals surface area contributed by atoms with Crippen molar-refractivity contribution in [3.8, 4) is 6.07 Å². The summed E-state index contributed by atoms with van der Waals surface area (Å²) in [7, 11) is 1.82. The predicted molar refractivity (Wildman–Crippen MR) is 67.2 cm³/mol. The van der Waals surface area contributed by atoms with Gasteiger partial charge in [-0.05, 0) is 18.2 Å². The van der Waals surface area contributed by atoms with Crippen molar-refractivity contribution in [2.75, 3.05) is 5.32 Å². The first-order valence-electron chi connectivity index (χ1n) is 4.96. The van der Waals surface area contributed by atoms with Gasteiger partial charge in [0.05, 0.1) is 18.2 Å². The molecule has 0 saturated heterocycles. The number of rotatable bonds is 3. The van der Waals surface area contributed by atoms with E-state index in [-0.39, 0.29) is 0 Å². The van der Waals surface area contributed by atoms with Gasteiger partial charge in [0.15, 0.2) is 5.82 Å². The number of benzene rings is 1. The second-order valence-corrected chi connectivity index (χ2v) is 4.44. The van der Waals surface area contributed by atoms with Gasteiger partial charge in [0.1, 0.15) is 6.33 Å². The zero-order valence-electron chi connectivity index (χ0n) is 9.18. The first-order valence-corrected chi connectivity index (χ1v) is 5.76. The summed E-state index contributed by atoms with van der Waals surface area (Å²) >= 11 is 3.36. The number of aryl methyl sites for hydroxylation is 1. The van der Waals surface area contributed by atoms with Crippen LogP contribution in [0.2, 0.25) is 0 Å². The maximum absolute atomic E-state index is 8.85. The standard InChI is InChI=1S/C11H10BrN5/c1-17-7-15-11(16-17)6-14-10-3-8(5-13)2-9(12)4-10/h2-4,7,14H,6H2,1H3. The molecule has 1 heterocycles. The lowest BCUT2D eigenvalue weighted by molar-refractivity contribution is 0.747. The lowest BCUT2D eigenvalue weighted by Gasteiger charge is -2.04. The topological polar surface area (TPSA) is 66.5 Å². The van der Waals surface area contributed by atoms with Gasteiger partial charge in [-0.1, -0.05) is 15.9 Å². The Bertz CT molecular complexity index is 569. The number of nitrogens with zero attached hydrogens (tertiary/aromatic N) is 4. The summed E-state index contributed by atoms with van der Waals surface area (Å²) in [6, 6.07) is 7.57. The van der Waals surface area contributed by atoms with Gasteiger partial charge in [-0.3, -0.25) is 4.68 Å². The highest BCUT2D eigenvalue weighted by atomic mass is 79.9. The van der Waals surface area contributed by atoms with Crippen LogP contribution in [0.15, 0.2) is 29.0 Å². The first-order chi connectivity index (χ1) is 8.17. The summed E-state index contributed by atoms with van der Waals surface area (Å²) in [6.07, 6.45) is 1.65. The van der Waals surface area contributed by atoms with E-state index in [0.29, 0.717) is 17.9 Å². The van der Waals surface area contributed by atoms with Crippen LogP contribution in [0, 0.1) is 11.3 Å². The van der Waals surface area contributed by atoms with Gasteiger partial charge in [0.2, 0.25) is 0 Å². The molecule has 1 aromatic heterocycles. The molecule has 0 radical (unpaired) electrons. The molecule has 0 saturated carbocycles. The van der Waals surface area contributed by atoms with Crippen LogP contribution in [0.3, 0.4) is 0 Å². The Kier molecular flexibility index (Phi) is 3.40. The zero-order valence-corrected chi connectivity index (χ0v) is 10.8. The highest BCUT2D eigenvalue weighted by molar-refractivity contribution is 9.10. The summed E-state index contributed by atoms with van der Waals surface area (Å²) in [6.45, 7) is 0.530. The van der Waals surface area contributed by atoms with E-state index in [9.17, 15) is 0 Å². The van der Waals surface area contributed by atoms with Crippen molar-refractivity contribution in [1.29, 1.82) is 5.26 Å². The van der Waals surface area contributed by atoms with Crippen molar-refractivity contribution in [3.63, 3.8) is 0 Å². The van der Waals surface area contributed by atoms with Crippen LogP contribution in [-0.4, -0.2) is 14.8 Å². The summed E-state index contributed by atoms with van der Waals surface area (Å²) < 4.78 is 2.52. The molecule has 1 aromatic carbocycles. The van der Waals surface area contributed by atoms with Crippen LogP contribution in [0.1, 0.15) is 11.4 Å². The van der Waals surface area contributed by atoms with E-state index in [1.165, 1.54) is 0 Å². The molecular formula is C11H10BrN5. The van der Waals surface area contributed by atoms with Gasteiger partial charge < -0.3 is 5.32 Å². The molecule has 0 atom stereocenters. The van der Waals surface area contributed by atoms with Crippen molar-refractivity contribution in [2.24, 2.45) is 7.05 Å². The number of nitriles is 1. The summed E-state index contributed by atoms with van der Waals surface area (Å²) in [4.78, 5) is 4.11. The molecule has 0 aliphatic rings. The Hall–Kier alpha value is -1.87. The van der Waals surface area contributed by atoms with E-state index in [2.05, 4.69) is 37.4 Å². The summed E-state index contributed by atoms with van der Waals surface area (Å²) in [5, 5.41) is 16.2. The fourth-order valence-corrected chi connectivity index (χ4v) is 1.90. The maximum Gasteiger partial charge on any atom is 0.169 e. The molecule has 5 nitrogen and oxygen atoms in total. The minimum atomic E-state index is 0.530. The van der Waals surface area contributed by atoms with Crippen molar-refractivity contribution in [2.45, 2.75) is 6.54 Å². The molecule has 2 aromatic rings. The molecule has 0 unspecified atom stereocenters. The third kappa shape index (κ3) is 3.04. The molecule has 0 spiro atoms. The van der Waals surface area contributed by atoms with E-state index in [1.54, 1.807) is 23.1 Å². The molecule has 0 fully saturated rings. The molecule has 86 valence electrons. The Balaban J connectivity index is 2.09. The Morgan fingerprint density at radius 3 is 2.94 bits per heavy atom. The van der Waals surface area contributed by atoms with Crippen molar-refractivity contribution >= 4 is 21.6 Å². The smallest absolute Gasteiger partial charge is 0.169 e. The normalized spacial score (nSPS) is 9.94. The molecule has 0 bridgehead atoms. The van der Waals surface area contributed by atoms with Gasteiger partial charge in [-0.25, -0.2) is 4.98 Å². The quantitative estimate of drug-likeness (QED) is 0.940. The van der Waals surface area contributed by atoms with Gasteiger partial charge >= 0.3 is 0 Å². The minimum absolute atomic E-state index is 0.530. The second-order valence-electron chi connectivity index (χ2n) is 3.53. The van der Waals surface area contributed by atoms with E-state index in [0.717, 1.165) is 10.2 Å². The van der Waals surface area contributed by atoms with Crippen LogP contribution in [-0.2, 0) is 13.6 Å². The Morgan fingerprint density at radius 2 is 2.29 bits per heavy atom. The molecule has 1 N–H and O–H groups in total. The number of halogens is 1. The zero-order chi connectivity index (χ0) is 12.3. The van der Waals surface area contributed by atoms with Crippen LogP contribution in [0.25, 0.3) is 0 Å². The monoisotopic (exact) mass is 291 g/mol. The van der Waals surface area contributed by atoms with Crippen LogP contribution in [0.4, 0.5) is 5.69 Å². The number of hydrogen-bond donors (Lipinski definition) is 1. The molecule has 0 aliphatic carbocycles. The average molecular weight is 292 g/mol. The highest BCUT2D eigenvalue weighted by Gasteiger charge is 2.01. The lowest BCUT2D eigenvalue weighted by Crippen LogP contribution is -2.02. The fourth-order valence-electron chi connectivity index (χ4n) is 1.40. The molecule has 0 aliphatic heterocycles. The predicted octanol–water partition coefficient (Wildman–Crippen LogP) is 2.06. The van der Waals surface area contributed by atoms with Crippen LogP contribution < -0.4 is 5.32 Å². The molecule has 0 amide bonds. The van der Waals surface area contributed by atoms with E-state index < -0.39 is 0 Å². The molecule has 2 rings (SSSR count). The van der Waals surface area contributed by atoms with Gasteiger partial charge in [-0.15, -0.1) is 0 Å². The number of hydrogen-bond acceptors (Lipinski definition) is 4. The lowest BCUT2D eigenvalue weighted by atomic mass is 10.2. The van der Waals surface area contributed by atoms with Crippen molar-refractivity contribution in [1.82, 2.24) is 14.8 Å². The maximum atomic E-state index is 8.85. The number of nitrogens with one attached hydrogen (secondary N) is 1. The van der Waals surface area contributed by atoms with E-state index in [1.807, 2.05) is 13.1 Å². The van der Waals surface area contributed by atoms with Gasteiger partial charge in [0, 0.05) is 17.2 Å². The first kappa shape index (κ1) is 11.6. The number of anilines is 1. The fraction of sp³-hybridized carbons (Fsp3) is 0.182. The summed E-state index contributed by atoms with van der Waals surface area (Å²) in [5.74, 6) is 0.714. The SMILES string of the molecule is Cn1cnc(CNc2cc(Br)cc(C#N)c2)n1. The van der Waals surface area contributed by atoms with Crippen LogP contribution in [0.5, 0.6) is 0 Å². The van der Waals surface area contributed by atoms with Crippen LogP contribution >= 0.6 is 15.9 Å². The van der Waals surface area contributed by atoms with Crippen molar-refractivity contribution in [3.05, 3.63) is 40.4 Å². The largest absolute Gasteiger partial charge is 0.378 e. The Morgan fingerprint density at radius 1 is 1.47 bits per heavy atom. The average Bonchev–Trinajstić information content (AvgIpc) is 2.72. The molecular weight excluding hydrogens is 282 g/mol.